The number of hydrogen-bond donors (Lipinski definition) is 0. The summed E-state index contributed by atoms with van der Waals surface area (Å²) in [5, 5.41) is 0. The SMILES string of the molecule is [C-]#[N+]C(C(=O)OCc1ccccc1)C1COC(C)(C)OC1. The molecular weight excluding hydrogens is 270 g/mol. The lowest BCUT2D eigenvalue weighted by atomic mass is 10.0. The first-order valence-corrected chi connectivity index (χ1v) is 6.87. The summed E-state index contributed by atoms with van der Waals surface area (Å²) >= 11 is 0. The fraction of sp³-hybridized carbons (Fsp3) is 0.500. The molecule has 0 aromatic heterocycles. The Morgan fingerprint density at radius 2 is 2.00 bits per heavy atom. The summed E-state index contributed by atoms with van der Waals surface area (Å²) in [5.74, 6) is -1.47. The molecule has 1 heterocycles. The molecule has 0 bridgehead atoms. The molecule has 0 spiro atoms. The molecule has 0 saturated carbocycles. The minimum absolute atomic E-state index is 0.172. The Labute approximate surface area is 124 Å². The van der Waals surface area contributed by atoms with E-state index in [-0.39, 0.29) is 12.5 Å². The zero-order valence-electron chi connectivity index (χ0n) is 12.2. The highest BCUT2D eigenvalue weighted by Crippen LogP contribution is 2.24. The van der Waals surface area contributed by atoms with Crippen molar-refractivity contribution >= 4 is 5.97 Å². The van der Waals surface area contributed by atoms with Crippen LogP contribution in [-0.2, 0) is 25.6 Å². The predicted molar refractivity (Wildman–Crippen MR) is 76.1 cm³/mol. The molecule has 1 aromatic rings. The Hall–Kier alpha value is -1.90. The highest BCUT2D eigenvalue weighted by atomic mass is 16.7. The quantitative estimate of drug-likeness (QED) is 0.631. The third-order valence-corrected chi connectivity index (χ3v) is 3.34. The van der Waals surface area contributed by atoms with Crippen molar-refractivity contribution in [3.05, 3.63) is 47.3 Å². The van der Waals surface area contributed by atoms with E-state index >= 15 is 0 Å². The summed E-state index contributed by atoms with van der Waals surface area (Å²) in [6.07, 6.45) is 0. The second kappa shape index (κ2) is 6.70. The first-order chi connectivity index (χ1) is 10.0. The van der Waals surface area contributed by atoms with Gasteiger partial charge in [-0.3, -0.25) is 0 Å². The van der Waals surface area contributed by atoms with Crippen LogP contribution in [0.25, 0.3) is 4.85 Å². The van der Waals surface area contributed by atoms with Gasteiger partial charge in [0.05, 0.1) is 19.1 Å². The first kappa shape index (κ1) is 15.5. The topological polar surface area (TPSA) is 49.1 Å². The van der Waals surface area contributed by atoms with Gasteiger partial charge in [-0.15, -0.1) is 0 Å². The van der Waals surface area contributed by atoms with E-state index < -0.39 is 17.8 Å². The molecule has 0 amide bonds. The molecule has 1 aliphatic rings. The molecule has 21 heavy (non-hydrogen) atoms. The van der Waals surface area contributed by atoms with E-state index in [0.717, 1.165) is 5.56 Å². The van der Waals surface area contributed by atoms with Crippen LogP contribution in [0, 0.1) is 12.5 Å². The Kier molecular flexibility index (Phi) is 4.94. The van der Waals surface area contributed by atoms with Gasteiger partial charge in [-0.1, -0.05) is 30.3 Å². The third-order valence-electron chi connectivity index (χ3n) is 3.34. The molecule has 1 aromatic carbocycles. The zero-order valence-corrected chi connectivity index (χ0v) is 12.2. The van der Waals surface area contributed by atoms with E-state index in [2.05, 4.69) is 4.85 Å². The van der Waals surface area contributed by atoms with Gasteiger partial charge >= 0.3 is 12.0 Å². The molecule has 1 unspecified atom stereocenters. The van der Waals surface area contributed by atoms with Gasteiger partial charge < -0.3 is 19.1 Å². The molecular formula is C16H19NO4. The van der Waals surface area contributed by atoms with Crippen molar-refractivity contribution < 1.29 is 19.0 Å². The third kappa shape index (κ3) is 4.28. The van der Waals surface area contributed by atoms with Gasteiger partial charge in [0.15, 0.2) is 5.79 Å². The van der Waals surface area contributed by atoms with Gasteiger partial charge in [-0.2, -0.15) is 0 Å². The van der Waals surface area contributed by atoms with Crippen molar-refractivity contribution in [2.45, 2.75) is 32.3 Å². The lowest BCUT2D eigenvalue weighted by molar-refractivity contribution is -0.263. The lowest BCUT2D eigenvalue weighted by Gasteiger charge is -2.34. The summed E-state index contributed by atoms with van der Waals surface area (Å²) in [4.78, 5) is 15.4. The van der Waals surface area contributed by atoms with E-state index in [1.807, 2.05) is 44.2 Å². The Balaban J connectivity index is 1.89. The van der Waals surface area contributed by atoms with Crippen LogP contribution in [0.15, 0.2) is 30.3 Å². The highest BCUT2D eigenvalue weighted by Gasteiger charge is 2.41. The molecule has 0 aliphatic carbocycles. The van der Waals surface area contributed by atoms with E-state index in [0.29, 0.717) is 13.2 Å². The van der Waals surface area contributed by atoms with Crippen LogP contribution in [0.2, 0.25) is 0 Å². The number of benzene rings is 1. The molecule has 0 radical (unpaired) electrons. The summed E-state index contributed by atoms with van der Waals surface area (Å²) in [5.41, 5.74) is 0.895. The molecule has 1 fully saturated rings. The van der Waals surface area contributed by atoms with Gasteiger partial charge in [0.1, 0.15) is 6.61 Å². The first-order valence-electron chi connectivity index (χ1n) is 6.87. The van der Waals surface area contributed by atoms with Crippen LogP contribution in [0.1, 0.15) is 19.4 Å². The van der Waals surface area contributed by atoms with Crippen LogP contribution in [-0.4, -0.2) is 31.0 Å². The van der Waals surface area contributed by atoms with E-state index in [1.54, 1.807) is 0 Å². The molecule has 5 heteroatoms. The maximum Gasteiger partial charge on any atom is 0.391 e. The van der Waals surface area contributed by atoms with Gasteiger partial charge in [0.2, 0.25) is 0 Å². The fourth-order valence-electron chi connectivity index (χ4n) is 2.05. The van der Waals surface area contributed by atoms with Gasteiger partial charge in [-0.05, 0) is 19.4 Å². The minimum atomic E-state index is -0.884. The van der Waals surface area contributed by atoms with Crippen LogP contribution in [0.5, 0.6) is 0 Å². The number of carbonyl (C=O) groups is 1. The maximum atomic E-state index is 12.1. The van der Waals surface area contributed by atoms with E-state index in [4.69, 9.17) is 20.8 Å². The van der Waals surface area contributed by atoms with Crippen LogP contribution < -0.4 is 0 Å². The monoisotopic (exact) mass is 289 g/mol. The molecule has 0 N–H and O–H groups in total. The Bertz CT molecular complexity index is 511. The molecule has 112 valence electrons. The predicted octanol–water partition coefficient (Wildman–Crippen LogP) is 2.42. The second-order valence-electron chi connectivity index (χ2n) is 5.45. The standard InChI is InChI=1S/C16H19NO4/c1-16(2)20-10-13(11-21-16)14(17-3)15(18)19-9-12-7-5-4-6-8-12/h4-8,13-14H,9-11H2,1-2H3. The van der Waals surface area contributed by atoms with Crippen molar-refractivity contribution in [2.75, 3.05) is 13.2 Å². The Morgan fingerprint density at radius 1 is 1.38 bits per heavy atom. The van der Waals surface area contributed by atoms with E-state index in [1.165, 1.54) is 0 Å². The zero-order chi connectivity index (χ0) is 15.3. The lowest BCUT2D eigenvalue weighted by Crippen LogP contribution is -2.45. The molecule has 5 nitrogen and oxygen atoms in total. The second-order valence-corrected chi connectivity index (χ2v) is 5.45. The van der Waals surface area contributed by atoms with Crippen molar-refractivity contribution in [1.29, 1.82) is 0 Å². The van der Waals surface area contributed by atoms with Gasteiger partial charge in [0.25, 0.3) is 0 Å². The number of esters is 1. The van der Waals surface area contributed by atoms with Crippen molar-refractivity contribution in [1.82, 2.24) is 0 Å². The molecule has 1 atom stereocenters. The Morgan fingerprint density at radius 3 is 2.57 bits per heavy atom. The summed E-state index contributed by atoms with van der Waals surface area (Å²) in [6, 6.07) is 8.50. The van der Waals surface area contributed by atoms with Crippen molar-refractivity contribution in [3.63, 3.8) is 0 Å². The largest absolute Gasteiger partial charge is 0.455 e. The smallest absolute Gasteiger partial charge is 0.391 e. The number of carbonyl (C=O) groups excluding carboxylic acids is 1. The molecule has 2 rings (SSSR count). The fourth-order valence-corrected chi connectivity index (χ4v) is 2.05. The average molecular weight is 289 g/mol. The van der Waals surface area contributed by atoms with Gasteiger partial charge in [0, 0.05) is 0 Å². The maximum absolute atomic E-state index is 12.1. The number of ether oxygens (including phenoxy) is 3. The average Bonchev–Trinajstić information content (AvgIpc) is 2.48. The van der Waals surface area contributed by atoms with Crippen LogP contribution in [0.3, 0.4) is 0 Å². The normalized spacial score (nSPS) is 19.5. The number of hydrogen-bond acceptors (Lipinski definition) is 4. The minimum Gasteiger partial charge on any atom is -0.455 e. The number of nitrogens with zero attached hydrogens (tertiary/aromatic N) is 1. The van der Waals surface area contributed by atoms with Crippen LogP contribution in [0.4, 0.5) is 0 Å². The summed E-state index contributed by atoms with van der Waals surface area (Å²) < 4.78 is 16.2. The highest BCUT2D eigenvalue weighted by molar-refractivity contribution is 5.78. The van der Waals surface area contributed by atoms with Gasteiger partial charge in [-0.25, -0.2) is 11.4 Å². The van der Waals surface area contributed by atoms with Crippen molar-refractivity contribution in [3.8, 4) is 0 Å². The summed E-state index contributed by atoms with van der Waals surface area (Å²) in [7, 11) is 0. The molecule has 1 aliphatic heterocycles. The van der Waals surface area contributed by atoms with Crippen LogP contribution >= 0.6 is 0 Å². The molecule has 1 saturated heterocycles. The van der Waals surface area contributed by atoms with E-state index in [9.17, 15) is 4.79 Å². The number of rotatable bonds is 4. The van der Waals surface area contributed by atoms with Crippen molar-refractivity contribution in [2.24, 2.45) is 5.92 Å². The summed E-state index contributed by atoms with van der Waals surface area (Å²) in [6.45, 7) is 11.7.